The molecule has 25 heavy (non-hydrogen) atoms. The van der Waals surface area contributed by atoms with Crippen molar-refractivity contribution in [2.24, 2.45) is 0 Å². The number of carboxylic acid groups (broad SMARTS) is 1. The lowest BCUT2D eigenvalue weighted by Crippen LogP contribution is -2.37. The molecule has 6 heteroatoms. The predicted octanol–water partition coefficient (Wildman–Crippen LogP) is 2.83. The van der Waals surface area contributed by atoms with Crippen LogP contribution in [0.3, 0.4) is 0 Å². The summed E-state index contributed by atoms with van der Waals surface area (Å²) in [4.78, 5) is 26.0. The van der Waals surface area contributed by atoms with Gasteiger partial charge >= 0.3 is 5.97 Å². The zero-order chi connectivity index (χ0) is 17.4. The van der Waals surface area contributed by atoms with Crippen molar-refractivity contribution >= 4 is 11.9 Å². The lowest BCUT2D eigenvalue weighted by molar-refractivity contribution is -0.137. The molecule has 1 aliphatic heterocycles. The number of rotatable bonds is 5. The SMILES string of the molecule is O=C(O)CC1CCCN1C(=O)c1cc(C2CC2)nn1-c1ccccc1. The molecule has 4 rings (SSSR count). The Morgan fingerprint density at radius 2 is 1.92 bits per heavy atom. The van der Waals surface area contributed by atoms with E-state index in [0.29, 0.717) is 18.2 Å². The van der Waals surface area contributed by atoms with Gasteiger partial charge in [-0.25, -0.2) is 4.68 Å². The summed E-state index contributed by atoms with van der Waals surface area (Å²) in [6.45, 7) is 0.607. The Kier molecular flexibility index (Phi) is 4.03. The third-order valence-electron chi connectivity index (χ3n) is 4.99. The first kappa shape index (κ1) is 15.9. The minimum atomic E-state index is -0.861. The fourth-order valence-electron chi connectivity index (χ4n) is 3.56. The highest BCUT2D eigenvalue weighted by atomic mass is 16.4. The van der Waals surface area contributed by atoms with Crippen LogP contribution in [0.25, 0.3) is 5.69 Å². The number of benzene rings is 1. The summed E-state index contributed by atoms with van der Waals surface area (Å²) in [5.74, 6) is -0.531. The Morgan fingerprint density at radius 1 is 1.16 bits per heavy atom. The van der Waals surface area contributed by atoms with Gasteiger partial charge in [-0.2, -0.15) is 5.10 Å². The Balaban J connectivity index is 1.69. The highest BCUT2D eigenvalue weighted by Gasteiger charge is 2.35. The van der Waals surface area contributed by atoms with Crippen LogP contribution in [0.1, 0.15) is 54.2 Å². The molecule has 1 aromatic carbocycles. The molecule has 0 radical (unpaired) electrons. The van der Waals surface area contributed by atoms with Gasteiger partial charge in [0.1, 0.15) is 5.69 Å². The summed E-state index contributed by atoms with van der Waals surface area (Å²) in [6, 6.07) is 11.3. The van der Waals surface area contributed by atoms with Gasteiger partial charge in [0, 0.05) is 18.5 Å². The van der Waals surface area contributed by atoms with Gasteiger partial charge in [0.2, 0.25) is 0 Å². The van der Waals surface area contributed by atoms with Gasteiger partial charge in [-0.15, -0.1) is 0 Å². The van der Waals surface area contributed by atoms with Gasteiger partial charge in [0.25, 0.3) is 5.91 Å². The molecule has 2 aliphatic rings. The number of hydrogen-bond donors (Lipinski definition) is 1. The number of carbonyl (C=O) groups excluding carboxylic acids is 1. The van der Waals surface area contributed by atoms with Crippen LogP contribution in [-0.4, -0.2) is 44.3 Å². The van der Waals surface area contributed by atoms with E-state index in [1.54, 1.807) is 9.58 Å². The van der Waals surface area contributed by atoms with Crippen LogP contribution in [-0.2, 0) is 4.79 Å². The third kappa shape index (κ3) is 3.16. The van der Waals surface area contributed by atoms with E-state index < -0.39 is 5.97 Å². The average molecular weight is 339 g/mol. The Labute approximate surface area is 146 Å². The smallest absolute Gasteiger partial charge is 0.305 e. The van der Waals surface area contributed by atoms with Crippen molar-refractivity contribution in [3.8, 4) is 5.69 Å². The Morgan fingerprint density at radius 3 is 2.60 bits per heavy atom. The van der Waals surface area contributed by atoms with Crippen molar-refractivity contribution in [3.63, 3.8) is 0 Å². The minimum Gasteiger partial charge on any atom is -0.481 e. The zero-order valence-corrected chi connectivity index (χ0v) is 14.0. The quantitative estimate of drug-likeness (QED) is 0.909. The van der Waals surface area contributed by atoms with Gasteiger partial charge in [-0.05, 0) is 43.9 Å². The molecule has 6 nitrogen and oxygen atoms in total. The number of aliphatic carboxylic acids is 1. The molecule has 1 N–H and O–H groups in total. The third-order valence-corrected chi connectivity index (χ3v) is 4.99. The summed E-state index contributed by atoms with van der Waals surface area (Å²) in [5, 5.41) is 13.8. The maximum atomic E-state index is 13.2. The summed E-state index contributed by atoms with van der Waals surface area (Å²) in [6.07, 6.45) is 3.82. The largest absolute Gasteiger partial charge is 0.481 e. The number of hydrogen-bond acceptors (Lipinski definition) is 3. The highest BCUT2D eigenvalue weighted by molar-refractivity contribution is 5.94. The predicted molar refractivity (Wildman–Crippen MR) is 91.9 cm³/mol. The highest BCUT2D eigenvalue weighted by Crippen LogP contribution is 2.40. The van der Waals surface area contributed by atoms with Crippen LogP contribution in [0.2, 0.25) is 0 Å². The monoisotopic (exact) mass is 339 g/mol. The van der Waals surface area contributed by atoms with Gasteiger partial charge in [0.05, 0.1) is 17.8 Å². The van der Waals surface area contributed by atoms with Crippen molar-refractivity contribution in [3.05, 3.63) is 47.8 Å². The van der Waals surface area contributed by atoms with E-state index in [4.69, 9.17) is 5.11 Å². The normalized spacial score (nSPS) is 20.0. The number of carbonyl (C=O) groups is 2. The molecule has 2 fully saturated rings. The van der Waals surface area contributed by atoms with Crippen LogP contribution in [0, 0.1) is 0 Å². The zero-order valence-electron chi connectivity index (χ0n) is 14.0. The molecule has 2 aromatic rings. The lowest BCUT2D eigenvalue weighted by Gasteiger charge is -2.23. The van der Waals surface area contributed by atoms with Crippen LogP contribution in [0.5, 0.6) is 0 Å². The molecule has 1 saturated carbocycles. The van der Waals surface area contributed by atoms with E-state index in [0.717, 1.165) is 37.1 Å². The number of amides is 1. The lowest BCUT2D eigenvalue weighted by atomic mass is 10.1. The van der Waals surface area contributed by atoms with Gasteiger partial charge in [-0.3, -0.25) is 9.59 Å². The molecule has 0 bridgehead atoms. The second kappa shape index (κ2) is 6.35. The topological polar surface area (TPSA) is 75.4 Å². The van der Waals surface area contributed by atoms with Crippen molar-refractivity contribution in [2.75, 3.05) is 6.54 Å². The molecule has 1 aliphatic carbocycles. The molecule has 1 aromatic heterocycles. The molecular formula is C19H21N3O3. The second-order valence-corrected chi connectivity index (χ2v) is 6.87. The standard InChI is InChI=1S/C19H21N3O3/c23-18(24)11-15-7-4-10-21(15)19(25)17-12-16(13-8-9-13)20-22(17)14-5-2-1-3-6-14/h1-3,5-6,12-13,15H,4,7-11H2,(H,23,24). The fourth-order valence-corrected chi connectivity index (χ4v) is 3.56. The molecule has 1 amide bonds. The summed E-state index contributed by atoms with van der Waals surface area (Å²) >= 11 is 0. The Hall–Kier alpha value is -2.63. The average Bonchev–Trinajstić information content (AvgIpc) is 3.20. The summed E-state index contributed by atoms with van der Waals surface area (Å²) < 4.78 is 1.71. The maximum absolute atomic E-state index is 13.2. The van der Waals surface area contributed by atoms with Crippen LogP contribution in [0.4, 0.5) is 0 Å². The van der Waals surface area contributed by atoms with Gasteiger partial charge in [-0.1, -0.05) is 18.2 Å². The van der Waals surface area contributed by atoms with Gasteiger partial charge < -0.3 is 10.0 Å². The molecule has 130 valence electrons. The van der Waals surface area contributed by atoms with Crippen molar-refractivity contribution in [1.82, 2.24) is 14.7 Å². The molecule has 1 unspecified atom stereocenters. The van der Waals surface area contributed by atoms with E-state index in [1.807, 2.05) is 36.4 Å². The Bertz CT molecular complexity index is 796. The van der Waals surface area contributed by atoms with E-state index >= 15 is 0 Å². The van der Waals surface area contributed by atoms with Crippen LogP contribution >= 0.6 is 0 Å². The van der Waals surface area contributed by atoms with E-state index in [-0.39, 0.29) is 18.4 Å². The first-order chi connectivity index (χ1) is 12.1. The van der Waals surface area contributed by atoms with Gasteiger partial charge in [0.15, 0.2) is 0 Å². The molecule has 1 atom stereocenters. The van der Waals surface area contributed by atoms with E-state index in [9.17, 15) is 9.59 Å². The summed E-state index contributed by atoms with van der Waals surface area (Å²) in [5.41, 5.74) is 2.35. The number of aromatic nitrogens is 2. The number of nitrogens with zero attached hydrogens (tertiary/aromatic N) is 3. The van der Waals surface area contributed by atoms with Crippen molar-refractivity contribution in [1.29, 1.82) is 0 Å². The van der Waals surface area contributed by atoms with E-state index in [2.05, 4.69) is 5.10 Å². The van der Waals surface area contributed by atoms with Crippen LogP contribution in [0.15, 0.2) is 36.4 Å². The molecule has 2 heterocycles. The van der Waals surface area contributed by atoms with Crippen LogP contribution < -0.4 is 0 Å². The number of para-hydroxylation sites is 1. The fraction of sp³-hybridized carbons (Fsp3) is 0.421. The van der Waals surface area contributed by atoms with Crippen molar-refractivity contribution in [2.45, 2.75) is 44.1 Å². The minimum absolute atomic E-state index is 0.000691. The van der Waals surface area contributed by atoms with Crippen molar-refractivity contribution < 1.29 is 14.7 Å². The van der Waals surface area contributed by atoms with E-state index in [1.165, 1.54) is 0 Å². The maximum Gasteiger partial charge on any atom is 0.305 e. The summed E-state index contributed by atoms with van der Waals surface area (Å²) in [7, 11) is 0. The molecular weight excluding hydrogens is 318 g/mol. The first-order valence-corrected chi connectivity index (χ1v) is 8.81. The number of carboxylic acids is 1. The second-order valence-electron chi connectivity index (χ2n) is 6.87. The molecule has 1 saturated heterocycles. The molecule has 0 spiro atoms. The first-order valence-electron chi connectivity index (χ1n) is 8.81. The number of likely N-dealkylation sites (tertiary alicyclic amines) is 1.